The average Bonchev–Trinajstić information content (AvgIpc) is 3.35. The fourth-order valence-corrected chi connectivity index (χ4v) is 5.60. The zero-order valence-corrected chi connectivity index (χ0v) is 17.3. The van der Waals surface area contributed by atoms with E-state index in [0.29, 0.717) is 13.2 Å². The second-order valence-electron chi connectivity index (χ2n) is 8.91. The monoisotopic (exact) mass is 388 g/mol. The van der Waals surface area contributed by atoms with Crippen molar-refractivity contribution in [2.24, 2.45) is 17.8 Å². The molecule has 5 heteroatoms. The zero-order valence-electron chi connectivity index (χ0n) is 17.3. The number of piperazine rings is 1. The van der Waals surface area contributed by atoms with Crippen molar-refractivity contribution in [1.29, 1.82) is 0 Å². The minimum Gasteiger partial charge on any atom is -0.495 e. The van der Waals surface area contributed by atoms with E-state index in [1.165, 1.54) is 32.1 Å². The maximum absolute atomic E-state index is 10.4. The molecule has 2 bridgehead atoms. The smallest absolute Gasteiger partial charge is 0.142 e. The standard InChI is InChI=1S/C23H36N2O3/c1-27-23-5-3-2-4-22(23)25-11-9-24(10-12-25)16-21(26)17-28-13-8-20-15-18-6-7-19(20)14-18/h2-5,18-21,26H,6-17H2,1H3/t18-,19-,20-,21+/m0/s1. The summed E-state index contributed by atoms with van der Waals surface area (Å²) < 4.78 is 11.3. The molecule has 0 spiro atoms. The van der Waals surface area contributed by atoms with E-state index in [9.17, 15) is 5.11 Å². The van der Waals surface area contributed by atoms with E-state index in [-0.39, 0.29) is 0 Å². The third-order valence-corrected chi connectivity index (χ3v) is 7.09. The van der Waals surface area contributed by atoms with Gasteiger partial charge in [0, 0.05) is 39.3 Å². The van der Waals surface area contributed by atoms with Crippen molar-refractivity contribution in [3.63, 3.8) is 0 Å². The molecule has 1 aliphatic heterocycles. The first-order chi connectivity index (χ1) is 13.7. The van der Waals surface area contributed by atoms with E-state index in [1.807, 2.05) is 12.1 Å². The number of para-hydroxylation sites is 2. The first-order valence-corrected chi connectivity index (χ1v) is 11.1. The molecule has 4 atom stereocenters. The number of hydrogen-bond donors (Lipinski definition) is 1. The van der Waals surface area contributed by atoms with Crippen LogP contribution >= 0.6 is 0 Å². The molecule has 1 N–H and O–H groups in total. The van der Waals surface area contributed by atoms with Gasteiger partial charge in [-0.05, 0) is 55.6 Å². The highest BCUT2D eigenvalue weighted by atomic mass is 16.5. The molecule has 0 radical (unpaired) electrons. The molecule has 2 aliphatic carbocycles. The topological polar surface area (TPSA) is 45.2 Å². The molecule has 0 unspecified atom stereocenters. The van der Waals surface area contributed by atoms with E-state index in [1.54, 1.807) is 7.11 Å². The predicted molar refractivity (Wildman–Crippen MR) is 112 cm³/mol. The van der Waals surface area contributed by atoms with Crippen molar-refractivity contribution in [3.8, 4) is 5.75 Å². The molecule has 3 aliphatic rings. The molecule has 156 valence electrons. The molecular weight excluding hydrogens is 352 g/mol. The molecule has 1 heterocycles. The molecule has 1 saturated heterocycles. The molecule has 5 nitrogen and oxygen atoms in total. The molecule has 2 saturated carbocycles. The van der Waals surface area contributed by atoms with Gasteiger partial charge in [-0.2, -0.15) is 0 Å². The van der Waals surface area contributed by atoms with Crippen LogP contribution in [0.25, 0.3) is 0 Å². The van der Waals surface area contributed by atoms with Gasteiger partial charge in [-0.15, -0.1) is 0 Å². The van der Waals surface area contributed by atoms with Crippen LogP contribution in [0.4, 0.5) is 5.69 Å². The van der Waals surface area contributed by atoms with E-state index in [0.717, 1.165) is 62.0 Å². The van der Waals surface area contributed by atoms with E-state index >= 15 is 0 Å². The number of nitrogens with zero attached hydrogens (tertiary/aromatic N) is 2. The van der Waals surface area contributed by atoms with Crippen LogP contribution in [-0.4, -0.2) is 69.2 Å². The highest BCUT2D eigenvalue weighted by molar-refractivity contribution is 5.58. The Hall–Kier alpha value is -1.30. The van der Waals surface area contributed by atoms with Gasteiger partial charge >= 0.3 is 0 Å². The lowest BCUT2D eigenvalue weighted by atomic mass is 9.87. The van der Waals surface area contributed by atoms with Crippen LogP contribution in [0, 0.1) is 17.8 Å². The summed E-state index contributed by atoms with van der Waals surface area (Å²) in [6.07, 6.45) is 6.59. The van der Waals surface area contributed by atoms with Gasteiger partial charge < -0.3 is 19.5 Å². The maximum atomic E-state index is 10.4. The van der Waals surface area contributed by atoms with Crippen molar-refractivity contribution in [2.75, 3.05) is 57.9 Å². The number of rotatable bonds is 9. The van der Waals surface area contributed by atoms with Gasteiger partial charge in [0.1, 0.15) is 5.75 Å². The van der Waals surface area contributed by atoms with Crippen LogP contribution in [0.3, 0.4) is 0 Å². The third kappa shape index (κ3) is 4.81. The van der Waals surface area contributed by atoms with Crippen LogP contribution in [0.15, 0.2) is 24.3 Å². The number of hydrogen-bond acceptors (Lipinski definition) is 5. The minimum absolute atomic E-state index is 0.391. The van der Waals surface area contributed by atoms with Crippen LogP contribution in [0.2, 0.25) is 0 Å². The Kier molecular flexibility index (Phi) is 6.76. The summed E-state index contributed by atoms with van der Waals surface area (Å²) in [7, 11) is 1.72. The first-order valence-electron chi connectivity index (χ1n) is 11.1. The Bertz CT molecular complexity index is 618. The van der Waals surface area contributed by atoms with E-state index in [4.69, 9.17) is 9.47 Å². The number of methoxy groups -OCH3 is 1. The number of ether oxygens (including phenoxy) is 2. The highest BCUT2D eigenvalue weighted by Gasteiger charge is 2.38. The Labute approximate surface area is 169 Å². The second-order valence-corrected chi connectivity index (χ2v) is 8.91. The zero-order chi connectivity index (χ0) is 19.3. The Morgan fingerprint density at radius 1 is 1.11 bits per heavy atom. The van der Waals surface area contributed by atoms with Gasteiger partial charge in [0.05, 0.1) is 25.5 Å². The number of benzene rings is 1. The van der Waals surface area contributed by atoms with Crippen molar-refractivity contribution in [2.45, 2.75) is 38.2 Å². The molecule has 3 fully saturated rings. The lowest BCUT2D eigenvalue weighted by Crippen LogP contribution is -2.49. The summed E-state index contributed by atoms with van der Waals surface area (Å²) in [5, 5.41) is 10.4. The van der Waals surface area contributed by atoms with E-state index < -0.39 is 6.10 Å². The summed E-state index contributed by atoms with van der Waals surface area (Å²) >= 11 is 0. The Balaban J connectivity index is 1.12. The lowest BCUT2D eigenvalue weighted by molar-refractivity contribution is 0.0100. The molecule has 1 aromatic rings. The lowest BCUT2D eigenvalue weighted by Gasteiger charge is -2.37. The normalized spacial score (nSPS) is 28.6. The number of aliphatic hydroxyl groups is 1. The summed E-state index contributed by atoms with van der Waals surface area (Å²) in [5.74, 6) is 3.80. The van der Waals surface area contributed by atoms with Crippen molar-refractivity contribution >= 4 is 5.69 Å². The average molecular weight is 389 g/mol. The van der Waals surface area contributed by atoms with Crippen molar-refractivity contribution < 1.29 is 14.6 Å². The third-order valence-electron chi connectivity index (χ3n) is 7.09. The number of β-amino-alcohol motifs (C(OH)–C–C–N with tert-alkyl or cyclic N) is 1. The van der Waals surface area contributed by atoms with Crippen molar-refractivity contribution in [3.05, 3.63) is 24.3 Å². The number of anilines is 1. The molecule has 0 aromatic heterocycles. The number of aliphatic hydroxyl groups excluding tert-OH is 1. The summed E-state index contributed by atoms with van der Waals surface area (Å²) in [6, 6.07) is 8.20. The van der Waals surface area contributed by atoms with Gasteiger partial charge in [-0.25, -0.2) is 0 Å². The maximum Gasteiger partial charge on any atom is 0.142 e. The SMILES string of the molecule is COc1ccccc1N1CCN(C[C@@H](O)COCC[C@H]2C[C@H]3CC[C@H]2C3)CC1. The van der Waals surface area contributed by atoms with Gasteiger partial charge in [-0.3, -0.25) is 4.90 Å². The highest BCUT2D eigenvalue weighted by Crippen LogP contribution is 2.49. The summed E-state index contributed by atoms with van der Waals surface area (Å²) in [6.45, 7) is 5.81. The van der Waals surface area contributed by atoms with Gasteiger partial charge in [0.2, 0.25) is 0 Å². The van der Waals surface area contributed by atoms with Gasteiger partial charge in [0.15, 0.2) is 0 Å². The summed E-state index contributed by atoms with van der Waals surface area (Å²) in [4.78, 5) is 4.71. The van der Waals surface area contributed by atoms with Crippen LogP contribution < -0.4 is 9.64 Å². The molecule has 1 aromatic carbocycles. The van der Waals surface area contributed by atoms with Gasteiger partial charge in [0.25, 0.3) is 0 Å². The fourth-order valence-electron chi connectivity index (χ4n) is 5.60. The molecule has 4 rings (SSSR count). The first kappa shape index (κ1) is 20.0. The quantitative estimate of drug-likeness (QED) is 0.659. The minimum atomic E-state index is -0.391. The van der Waals surface area contributed by atoms with Crippen LogP contribution in [-0.2, 0) is 4.74 Å². The predicted octanol–water partition coefficient (Wildman–Crippen LogP) is 3.02. The summed E-state index contributed by atoms with van der Waals surface area (Å²) in [5.41, 5.74) is 1.16. The Morgan fingerprint density at radius 3 is 2.64 bits per heavy atom. The fraction of sp³-hybridized carbons (Fsp3) is 0.739. The molecular formula is C23H36N2O3. The van der Waals surface area contributed by atoms with Crippen LogP contribution in [0.5, 0.6) is 5.75 Å². The van der Waals surface area contributed by atoms with Crippen LogP contribution in [0.1, 0.15) is 32.1 Å². The van der Waals surface area contributed by atoms with Crippen molar-refractivity contribution in [1.82, 2.24) is 4.90 Å². The van der Waals surface area contributed by atoms with E-state index in [2.05, 4.69) is 21.9 Å². The second kappa shape index (κ2) is 9.47. The molecule has 28 heavy (non-hydrogen) atoms. The molecule has 0 amide bonds. The Morgan fingerprint density at radius 2 is 1.93 bits per heavy atom. The largest absolute Gasteiger partial charge is 0.495 e. The van der Waals surface area contributed by atoms with Gasteiger partial charge in [-0.1, -0.05) is 18.6 Å². The number of fused-ring (bicyclic) bond motifs is 2.